The molecule has 1 aliphatic rings. The van der Waals surface area contributed by atoms with Gasteiger partial charge in [-0.3, -0.25) is 0 Å². The third-order valence-electron chi connectivity index (χ3n) is 5.69. The smallest absolute Gasteiger partial charge is 0.490 e. The van der Waals surface area contributed by atoms with Crippen LogP contribution >= 0.6 is 11.6 Å². The first-order chi connectivity index (χ1) is 14.4. The van der Waals surface area contributed by atoms with Gasteiger partial charge in [-0.2, -0.15) is 0 Å². The lowest BCUT2D eigenvalue weighted by Crippen LogP contribution is -2.52. The first-order valence-corrected chi connectivity index (χ1v) is 11.6. The van der Waals surface area contributed by atoms with Gasteiger partial charge in [-0.1, -0.05) is 31.5 Å². The number of amides is 1. The van der Waals surface area contributed by atoms with E-state index in [9.17, 15) is 4.79 Å². The summed E-state index contributed by atoms with van der Waals surface area (Å²) in [5, 5.41) is 3.44. The summed E-state index contributed by atoms with van der Waals surface area (Å²) in [4.78, 5) is 12.4. The van der Waals surface area contributed by atoms with Crippen LogP contribution in [0.15, 0.2) is 18.2 Å². The zero-order chi connectivity index (χ0) is 24.5. The van der Waals surface area contributed by atoms with Crippen molar-refractivity contribution < 1.29 is 23.6 Å². The number of carbonyl (C=O) groups is 1. The third-order valence-corrected chi connectivity index (χ3v) is 5.98. The van der Waals surface area contributed by atoms with Crippen LogP contribution in [0.5, 0.6) is 5.75 Å². The average Bonchev–Trinajstić information content (AvgIpc) is 2.78. The van der Waals surface area contributed by atoms with Crippen molar-refractivity contribution in [1.82, 2.24) is 5.32 Å². The Hall–Kier alpha value is -1.44. The highest BCUT2D eigenvalue weighted by atomic mass is 35.5. The highest BCUT2D eigenvalue weighted by Crippen LogP contribution is 2.37. The minimum Gasteiger partial charge on any atom is -0.490 e. The van der Waals surface area contributed by atoms with Gasteiger partial charge in [0.25, 0.3) is 0 Å². The number of alkyl carbamates (subject to hydrolysis) is 1. The summed E-state index contributed by atoms with van der Waals surface area (Å²) in [6.45, 7) is 20.0. The zero-order valence-corrected chi connectivity index (χ0v) is 22.0. The number of benzene rings is 1. The first kappa shape index (κ1) is 26.8. The lowest BCUT2D eigenvalue weighted by Gasteiger charge is -2.33. The molecule has 1 saturated heterocycles. The minimum atomic E-state index is -0.621. The highest BCUT2D eigenvalue weighted by molar-refractivity contribution is 6.62. The van der Waals surface area contributed by atoms with Crippen LogP contribution in [0.1, 0.15) is 75.7 Å². The van der Waals surface area contributed by atoms with Crippen LogP contribution in [-0.2, 0) is 14.0 Å². The Morgan fingerprint density at radius 1 is 1.12 bits per heavy atom. The van der Waals surface area contributed by atoms with Gasteiger partial charge in [0, 0.05) is 0 Å². The SMILES string of the molecule is CC(C)C[C@@](C)(COc1ccc(B2OC(C)(C)C(C)(C)O2)cc1Cl)NC(=O)OC(C)(C)C. The van der Waals surface area contributed by atoms with E-state index >= 15 is 0 Å². The summed E-state index contributed by atoms with van der Waals surface area (Å²) < 4.78 is 23.7. The van der Waals surface area contributed by atoms with Crippen molar-refractivity contribution in [2.24, 2.45) is 5.92 Å². The third kappa shape index (κ3) is 7.03. The standard InChI is InChI=1S/C24H39BClNO5/c1-16(2)14-24(10,27-20(28)30-21(3,4)5)15-29-19-12-11-17(13-18(19)26)25-31-22(6,7)23(8,9)32-25/h11-13,16H,14-15H2,1-10H3,(H,27,28)/t24-/m0/s1. The van der Waals surface area contributed by atoms with Crippen LogP contribution in [0.4, 0.5) is 4.79 Å². The molecule has 0 saturated carbocycles. The predicted octanol–water partition coefficient (Wildman–Crippen LogP) is 5.35. The van der Waals surface area contributed by atoms with E-state index in [1.54, 1.807) is 6.07 Å². The van der Waals surface area contributed by atoms with Crippen LogP contribution in [-0.4, -0.2) is 42.2 Å². The average molecular weight is 468 g/mol. The van der Waals surface area contributed by atoms with E-state index in [2.05, 4.69) is 19.2 Å². The molecule has 0 aromatic heterocycles. The van der Waals surface area contributed by atoms with Crippen molar-refractivity contribution in [2.75, 3.05) is 6.61 Å². The van der Waals surface area contributed by atoms with Crippen LogP contribution in [0.3, 0.4) is 0 Å². The molecule has 2 rings (SSSR count). The van der Waals surface area contributed by atoms with Gasteiger partial charge in [0.15, 0.2) is 0 Å². The van der Waals surface area contributed by atoms with E-state index in [4.69, 9.17) is 30.4 Å². The van der Waals surface area contributed by atoms with E-state index in [-0.39, 0.29) is 6.61 Å². The molecule has 180 valence electrons. The van der Waals surface area contributed by atoms with Crippen molar-refractivity contribution in [3.8, 4) is 5.75 Å². The number of halogens is 1. The normalized spacial score (nSPS) is 19.6. The second-order valence-electron chi connectivity index (χ2n) is 11.4. The molecule has 0 aliphatic carbocycles. The molecule has 1 aromatic rings. The van der Waals surface area contributed by atoms with Crippen LogP contribution in [0.2, 0.25) is 5.02 Å². The first-order valence-electron chi connectivity index (χ1n) is 11.2. The molecule has 32 heavy (non-hydrogen) atoms. The number of carbonyl (C=O) groups excluding carboxylic acids is 1. The summed E-state index contributed by atoms with van der Waals surface area (Å²) in [6, 6.07) is 5.51. The molecular formula is C24H39BClNO5. The minimum absolute atomic E-state index is 0.250. The molecule has 1 aliphatic heterocycles. The Labute approximate surface area is 198 Å². The van der Waals surface area contributed by atoms with Crippen molar-refractivity contribution in [3.63, 3.8) is 0 Å². The fraction of sp³-hybridized carbons (Fsp3) is 0.708. The van der Waals surface area contributed by atoms with Crippen molar-refractivity contribution >= 4 is 30.3 Å². The molecule has 0 spiro atoms. The van der Waals surface area contributed by atoms with Gasteiger partial charge < -0.3 is 24.1 Å². The molecule has 0 bridgehead atoms. The van der Waals surface area contributed by atoms with Gasteiger partial charge in [-0.05, 0) is 85.3 Å². The Kier molecular flexibility index (Phi) is 7.91. The Balaban J connectivity index is 2.11. The van der Waals surface area contributed by atoms with E-state index in [0.717, 1.165) is 11.9 Å². The van der Waals surface area contributed by atoms with Crippen LogP contribution in [0, 0.1) is 5.92 Å². The maximum atomic E-state index is 12.4. The Morgan fingerprint density at radius 3 is 2.16 bits per heavy atom. The summed E-state index contributed by atoms with van der Waals surface area (Å²) in [5.41, 5.74) is -1.21. The molecule has 1 atom stereocenters. The molecule has 0 radical (unpaired) electrons. The van der Waals surface area contributed by atoms with Gasteiger partial charge in [0.1, 0.15) is 18.0 Å². The lowest BCUT2D eigenvalue weighted by molar-refractivity contribution is 0.00578. The largest absolute Gasteiger partial charge is 0.494 e. The summed E-state index contributed by atoms with van der Waals surface area (Å²) in [6.07, 6.45) is 0.252. The molecular weight excluding hydrogens is 429 g/mol. The Bertz CT molecular complexity index is 805. The molecule has 1 aromatic carbocycles. The highest BCUT2D eigenvalue weighted by Gasteiger charge is 2.51. The van der Waals surface area contributed by atoms with E-state index < -0.39 is 35.6 Å². The van der Waals surface area contributed by atoms with Crippen LogP contribution < -0.4 is 15.5 Å². The number of rotatable bonds is 7. The van der Waals surface area contributed by atoms with E-state index in [1.807, 2.05) is 67.5 Å². The number of hydrogen-bond acceptors (Lipinski definition) is 5. The Morgan fingerprint density at radius 2 is 1.69 bits per heavy atom. The second kappa shape index (κ2) is 9.44. The number of nitrogens with one attached hydrogen (secondary N) is 1. The van der Waals surface area contributed by atoms with Gasteiger partial charge in [-0.15, -0.1) is 0 Å². The quantitative estimate of drug-likeness (QED) is 0.548. The monoisotopic (exact) mass is 467 g/mol. The molecule has 1 fully saturated rings. The topological polar surface area (TPSA) is 66.0 Å². The fourth-order valence-corrected chi connectivity index (χ4v) is 3.84. The molecule has 1 N–H and O–H groups in total. The number of hydrogen-bond donors (Lipinski definition) is 1. The zero-order valence-electron chi connectivity index (χ0n) is 21.2. The summed E-state index contributed by atoms with van der Waals surface area (Å²) in [7, 11) is -0.494. The molecule has 6 nitrogen and oxygen atoms in total. The fourth-order valence-electron chi connectivity index (χ4n) is 3.59. The van der Waals surface area contributed by atoms with E-state index in [1.165, 1.54) is 0 Å². The maximum absolute atomic E-state index is 12.4. The lowest BCUT2D eigenvalue weighted by atomic mass is 9.79. The van der Waals surface area contributed by atoms with Crippen molar-refractivity contribution in [1.29, 1.82) is 0 Å². The predicted molar refractivity (Wildman–Crippen MR) is 130 cm³/mol. The molecule has 0 unspecified atom stereocenters. The van der Waals surface area contributed by atoms with Gasteiger partial charge >= 0.3 is 13.2 Å². The van der Waals surface area contributed by atoms with Gasteiger partial charge in [-0.25, -0.2) is 4.79 Å². The van der Waals surface area contributed by atoms with Gasteiger partial charge in [0.05, 0.1) is 21.8 Å². The molecule has 1 amide bonds. The summed E-state index contributed by atoms with van der Waals surface area (Å²) >= 11 is 6.53. The van der Waals surface area contributed by atoms with Crippen molar-refractivity contribution in [2.45, 2.75) is 98.0 Å². The second-order valence-corrected chi connectivity index (χ2v) is 11.8. The van der Waals surface area contributed by atoms with Crippen LogP contribution in [0.25, 0.3) is 0 Å². The maximum Gasteiger partial charge on any atom is 0.494 e. The molecule has 1 heterocycles. The molecule has 8 heteroatoms. The van der Waals surface area contributed by atoms with E-state index in [0.29, 0.717) is 16.7 Å². The number of ether oxygens (including phenoxy) is 2. The summed E-state index contributed by atoms with van der Waals surface area (Å²) in [5.74, 6) is 0.882. The van der Waals surface area contributed by atoms with Crippen molar-refractivity contribution in [3.05, 3.63) is 23.2 Å². The van der Waals surface area contributed by atoms with Gasteiger partial charge in [0.2, 0.25) is 0 Å².